The summed E-state index contributed by atoms with van der Waals surface area (Å²) >= 11 is 0. The highest BCUT2D eigenvalue weighted by atomic mass is 16.4. The van der Waals surface area contributed by atoms with E-state index in [1.54, 1.807) is 24.3 Å². The highest BCUT2D eigenvalue weighted by molar-refractivity contribution is 5.65. The summed E-state index contributed by atoms with van der Waals surface area (Å²) in [5.41, 5.74) is 1.12. The fraction of sp³-hybridized carbons (Fsp3) is 0.200. The van der Waals surface area contributed by atoms with Crippen molar-refractivity contribution < 1.29 is 15.0 Å². The molecule has 1 aromatic carbocycles. The fourth-order valence-corrected chi connectivity index (χ4v) is 1.17. The Morgan fingerprint density at radius 2 is 2.07 bits per heavy atom. The molecule has 1 rings (SSSR count). The maximum absolute atomic E-state index is 10.4. The van der Waals surface area contributed by atoms with Gasteiger partial charge in [0.1, 0.15) is 0 Å². The minimum atomic E-state index is -1.20. The Labute approximate surface area is 86.6 Å². The molecule has 0 saturated carbocycles. The second-order valence-corrected chi connectivity index (χ2v) is 2.92. The molecule has 3 N–H and O–H groups in total. The minimum absolute atomic E-state index is 0.321. The zero-order valence-corrected chi connectivity index (χ0v) is 7.84. The topological polar surface area (TPSA) is 93.4 Å². The van der Waals surface area contributed by atoms with E-state index < -0.39 is 12.1 Å². The van der Waals surface area contributed by atoms with Gasteiger partial charge in [0.2, 0.25) is 0 Å². The molecule has 0 heterocycles. The van der Waals surface area contributed by atoms with Gasteiger partial charge < -0.3 is 15.5 Å². The maximum Gasteiger partial charge on any atom is 0.405 e. The summed E-state index contributed by atoms with van der Waals surface area (Å²) in [6.45, 7) is -0.321. The maximum atomic E-state index is 10.4. The van der Waals surface area contributed by atoms with Gasteiger partial charge in [0.25, 0.3) is 0 Å². The van der Waals surface area contributed by atoms with Crippen LogP contribution in [0.15, 0.2) is 24.3 Å². The summed E-state index contributed by atoms with van der Waals surface area (Å²) in [6, 6.07) is 7.65. The summed E-state index contributed by atoms with van der Waals surface area (Å²) in [6.07, 6.45) is -1.20. The van der Waals surface area contributed by atoms with E-state index in [1.165, 1.54) is 0 Å². The Morgan fingerprint density at radius 1 is 1.47 bits per heavy atom. The molecule has 0 aliphatic carbocycles. The molecule has 1 amide bonds. The quantitative estimate of drug-likeness (QED) is 0.683. The van der Waals surface area contributed by atoms with Crippen molar-refractivity contribution in [3.05, 3.63) is 35.4 Å². The molecule has 1 aromatic rings. The van der Waals surface area contributed by atoms with Gasteiger partial charge in [-0.15, -0.1) is 0 Å². The predicted molar refractivity (Wildman–Crippen MR) is 52.1 cm³/mol. The number of nitrogens with one attached hydrogen (secondary N) is 1. The van der Waals surface area contributed by atoms with Crippen molar-refractivity contribution in [3.63, 3.8) is 0 Å². The van der Waals surface area contributed by atoms with Crippen molar-refractivity contribution in [1.82, 2.24) is 5.32 Å². The van der Waals surface area contributed by atoms with Gasteiger partial charge in [0, 0.05) is 0 Å². The zero-order chi connectivity index (χ0) is 11.3. The minimum Gasteiger partial charge on any atom is -0.465 e. The highest BCUT2D eigenvalue weighted by Gasteiger charge is 2.12. The van der Waals surface area contributed by atoms with Crippen molar-refractivity contribution in [1.29, 1.82) is 5.26 Å². The van der Waals surface area contributed by atoms with Crippen LogP contribution in [-0.4, -0.2) is 22.9 Å². The summed E-state index contributed by atoms with van der Waals surface area (Å²) in [5, 5.41) is 28.2. The standard InChI is InChI=1S/C10H10N2O3/c11-5-7-1-3-8(4-2-7)9(6-13)12-10(14)15/h1-4,9,12-13H,6H2,(H,14,15). The van der Waals surface area contributed by atoms with Crippen LogP contribution in [0.4, 0.5) is 4.79 Å². The van der Waals surface area contributed by atoms with E-state index in [0.29, 0.717) is 11.1 Å². The van der Waals surface area contributed by atoms with Crippen molar-refractivity contribution >= 4 is 6.09 Å². The Morgan fingerprint density at radius 3 is 2.47 bits per heavy atom. The Hall–Kier alpha value is -2.06. The van der Waals surface area contributed by atoms with Crippen molar-refractivity contribution in [3.8, 4) is 6.07 Å². The molecule has 0 aliphatic rings. The average Bonchev–Trinajstić information content (AvgIpc) is 2.26. The van der Waals surface area contributed by atoms with Crippen LogP contribution in [0.5, 0.6) is 0 Å². The first-order valence-corrected chi connectivity index (χ1v) is 4.27. The van der Waals surface area contributed by atoms with E-state index in [4.69, 9.17) is 15.5 Å². The lowest BCUT2D eigenvalue weighted by Crippen LogP contribution is -2.29. The monoisotopic (exact) mass is 206 g/mol. The number of hydrogen-bond donors (Lipinski definition) is 3. The lowest BCUT2D eigenvalue weighted by Gasteiger charge is -2.14. The summed E-state index contributed by atoms with van der Waals surface area (Å²) in [5.74, 6) is 0. The van der Waals surface area contributed by atoms with Crippen LogP contribution in [0.3, 0.4) is 0 Å². The highest BCUT2D eigenvalue weighted by Crippen LogP contribution is 2.13. The largest absolute Gasteiger partial charge is 0.465 e. The number of carboxylic acid groups (broad SMARTS) is 1. The molecule has 0 fully saturated rings. The van der Waals surface area contributed by atoms with E-state index in [1.807, 2.05) is 6.07 Å². The molecule has 15 heavy (non-hydrogen) atoms. The van der Waals surface area contributed by atoms with Gasteiger partial charge in [-0.2, -0.15) is 5.26 Å². The first-order valence-electron chi connectivity index (χ1n) is 4.27. The van der Waals surface area contributed by atoms with E-state index in [2.05, 4.69) is 5.32 Å². The number of carbonyl (C=O) groups is 1. The smallest absolute Gasteiger partial charge is 0.405 e. The summed E-state index contributed by atoms with van der Waals surface area (Å²) in [4.78, 5) is 10.4. The second kappa shape index (κ2) is 4.98. The number of nitrogens with zero attached hydrogens (tertiary/aromatic N) is 1. The van der Waals surface area contributed by atoms with Gasteiger partial charge in [0.05, 0.1) is 24.3 Å². The summed E-state index contributed by atoms with van der Waals surface area (Å²) in [7, 11) is 0. The van der Waals surface area contributed by atoms with Crippen LogP contribution in [0, 0.1) is 11.3 Å². The number of nitriles is 1. The Kier molecular flexibility index (Phi) is 3.66. The molecular weight excluding hydrogens is 196 g/mol. The number of amides is 1. The van der Waals surface area contributed by atoms with Crippen LogP contribution in [0.1, 0.15) is 17.2 Å². The lowest BCUT2D eigenvalue weighted by molar-refractivity contribution is 0.177. The molecule has 1 atom stereocenters. The average molecular weight is 206 g/mol. The van der Waals surface area contributed by atoms with Gasteiger partial charge in [-0.1, -0.05) is 12.1 Å². The van der Waals surface area contributed by atoms with Crippen molar-refractivity contribution in [2.24, 2.45) is 0 Å². The molecule has 0 aliphatic heterocycles. The third kappa shape index (κ3) is 2.97. The van der Waals surface area contributed by atoms with E-state index in [-0.39, 0.29) is 6.61 Å². The second-order valence-electron chi connectivity index (χ2n) is 2.92. The van der Waals surface area contributed by atoms with Gasteiger partial charge in [-0.25, -0.2) is 4.79 Å². The first kappa shape index (κ1) is 11.0. The summed E-state index contributed by atoms with van der Waals surface area (Å²) < 4.78 is 0. The van der Waals surface area contributed by atoms with Crippen molar-refractivity contribution in [2.75, 3.05) is 6.61 Å². The van der Waals surface area contributed by atoms with E-state index in [0.717, 1.165) is 0 Å². The molecule has 0 saturated heterocycles. The number of aliphatic hydroxyl groups is 1. The normalized spacial score (nSPS) is 11.5. The van der Waals surface area contributed by atoms with E-state index in [9.17, 15) is 4.79 Å². The zero-order valence-electron chi connectivity index (χ0n) is 7.84. The van der Waals surface area contributed by atoms with Crippen LogP contribution in [0.2, 0.25) is 0 Å². The first-order chi connectivity index (χ1) is 7.17. The van der Waals surface area contributed by atoms with Crippen LogP contribution in [0.25, 0.3) is 0 Å². The molecule has 0 bridgehead atoms. The molecule has 0 aromatic heterocycles. The molecular formula is C10H10N2O3. The molecule has 1 unspecified atom stereocenters. The van der Waals surface area contributed by atoms with Gasteiger partial charge in [-0.05, 0) is 17.7 Å². The molecule has 0 spiro atoms. The molecule has 5 heteroatoms. The third-order valence-electron chi connectivity index (χ3n) is 1.92. The van der Waals surface area contributed by atoms with Crippen molar-refractivity contribution in [2.45, 2.75) is 6.04 Å². The van der Waals surface area contributed by atoms with Gasteiger partial charge in [-0.3, -0.25) is 0 Å². The number of benzene rings is 1. The number of rotatable bonds is 3. The predicted octanol–water partition coefficient (Wildman–Crippen LogP) is 0.859. The van der Waals surface area contributed by atoms with Gasteiger partial charge >= 0.3 is 6.09 Å². The lowest BCUT2D eigenvalue weighted by atomic mass is 10.1. The molecule has 5 nitrogen and oxygen atoms in total. The van der Waals surface area contributed by atoms with E-state index >= 15 is 0 Å². The molecule has 78 valence electrons. The molecule has 0 radical (unpaired) electrons. The third-order valence-corrected chi connectivity index (χ3v) is 1.92. The Balaban J connectivity index is 2.84. The fourth-order valence-electron chi connectivity index (χ4n) is 1.17. The SMILES string of the molecule is N#Cc1ccc(C(CO)NC(=O)O)cc1. The van der Waals surface area contributed by atoms with Gasteiger partial charge in [0.15, 0.2) is 0 Å². The Bertz CT molecular complexity index is 381. The number of aliphatic hydroxyl groups excluding tert-OH is 1. The van der Waals surface area contributed by atoms with Crippen LogP contribution < -0.4 is 5.32 Å². The number of hydrogen-bond acceptors (Lipinski definition) is 3. The van der Waals surface area contributed by atoms with Crippen LogP contribution in [-0.2, 0) is 0 Å². The van der Waals surface area contributed by atoms with Crippen LogP contribution >= 0.6 is 0 Å².